The Balaban J connectivity index is 2.59. The first-order valence-corrected chi connectivity index (χ1v) is 5.29. The number of hydrogen-bond acceptors (Lipinski definition) is 4. The Morgan fingerprint density at radius 2 is 2.24 bits per heavy atom. The molecule has 0 aliphatic rings. The van der Waals surface area contributed by atoms with Gasteiger partial charge in [-0.1, -0.05) is 6.07 Å². The average molecular weight is 233 g/mol. The van der Waals surface area contributed by atoms with Crippen LogP contribution in [0.25, 0.3) is 5.69 Å². The minimum atomic E-state index is 0.187. The van der Waals surface area contributed by atoms with Crippen molar-refractivity contribution in [2.24, 2.45) is 5.73 Å². The minimum Gasteiger partial charge on any atom is -0.508 e. The predicted molar refractivity (Wildman–Crippen MR) is 64.4 cm³/mol. The SMILES string of the molecule is COc1c(CN)c(C)nn1-c1cccc(O)c1. The van der Waals surface area contributed by atoms with Gasteiger partial charge < -0.3 is 15.6 Å². The maximum Gasteiger partial charge on any atom is 0.221 e. The molecule has 0 aliphatic heterocycles. The van der Waals surface area contributed by atoms with Crippen LogP contribution in [-0.4, -0.2) is 22.0 Å². The highest BCUT2D eigenvalue weighted by atomic mass is 16.5. The molecular weight excluding hydrogens is 218 g/mol. The Kier molecular flexibility index (Phi) is 3.01. The first-order chi connectivity index (χ1) is 8.17. The Morgan fingerprint density at radius 3 is 2.82 bits per heavy atom. The Hall–Kier alpha value is -2.01. The second-order valence-corrected chi connectivity index (χ2v) is 3.71. The molecular formula is C12H15N3O2. The lowest BCUT2D eigenvalue weighted by atomic mass is 10.2. The fourth-order valence-electron chi connectivity index (χ4n) is 1.78. The lowest BCUT2D eigenvalue weighted by Crippen LogP contribution is -2.02. The fourth-order valence-corrected chi connectivity index (χ4v) is 1.78. The summed E-state index contributed by atoms with van der Waals surface area (Å²) in [5.74, 6) is 0.794. The van der Waals surface area contributed by atoms with E-state index in [0.717, 1.165) is 16.9 Å². The number of methoxy groups -OCH3 is 1. The second-order valence-electron chi connectivity index (χ2n) is 3.71. The fraction of sp³-hybridized carbons (Fsp3) is 0.250. The summed E-state index contributed by atoms with van der Waals surface area (Å²) in [4.78, 5) is 0. The number of benzene rings is 1. The predicted octanol–water partition coefficient (Wildman–Crippen LogP) is 1.35. The van der Waals surface area contributed by atoms with Gasteiger partial charge in [-0.05, 0) is 19.1 Å². The highest BCUT2D eigenvalue weighted by molar-refractivity contribution is 5.44. The van der Waals surface area contributed by atoms with E-state index in [9.17, 15) is 5.11 Å². The van der Waals surface area contributed by atoms with Crippen molar-refractivity contribution in [2.75, 3.05) is 7.11 Å². The lowest BCUT2D eigenvalue weighted by Gasteiger charge is -2.07. The molecule has 0 atom stereocenters. The van der Waals surface area contributed by atoms with Gasteiger partial charge >= 0.3 is 0 Å². The molecule has 3 N–H and O–H groups in total. The van der Waals surface area contributed by atoms with Gasteiger partial charge in [0.05, 0.1) is 24.1 Å². The maximum absolute atomic E-state index is 9.46. The van der Waals surface area contributed by atoms with Crippen molar-refractivity contribution in [1.82, 2.24) is 9.78 Å². The van der Waals surface area contributed by atoms with Crippen LogP contribution >= 0.6 is 0 Å². The van der Waals surface area contributed by atoms with Gasteiger partial charge in [-0.25, -0.2) is 4.68 Å². The standard InChI is InChI=1S/C12H15N3O2/c1-8-11(7-13)12(17-2)15(14-8)9-4-3-5-10(16)6-9/h3-6,16H,7,13H2,1-2H3. The summed E-state index contributed by atoms with van der Waals surface area (Å²) in [6.07, 6.45) is 0. The number of phenolic OH excluding ortho intramolecular Hbond substituents is 1. The largest absolute Gasteiger partial charge is 0.508 e. The molecule has 17 heavy (non-hydrogen) atoms. The van der Waals surface area contributed by atoms with Crippen molar-refractivity contribution in [3.63, 3.8) is 0 Å². The number of phenols is 1. The lowest BCUT2D eigenvalue weighted by molar-refractivity contribution is 0.379. The van der Waals surface area contributed by atoms with Crippen LogP contribution < -0.4 is 10.5 Å². The third-order valence-electron chi connectivity index (χ3n) is 2.61. The van der Waals surface area contributed by atoms with E-state index in [1.807, 2.05) is 13.0 Å². The van der Waals surface area contributed by atoms with Crippen molar-refractivity contribution in [2.45, 2.75) is 13.5 Å². The third kappa shape index (κ3) is 1.97. The topological polar surface area (TPSA) is 73.3 Å². The number of aromatic nitrogens is 2. The molecule has 5 heteroatoms. The van der Waals surface area contributed by atoms with Crippen LogP contribution in [0.15, 0.2) is 24.3 Å². The summed E-state index contributed by atoms with van der Waals surface area (Å²) < 4.78 is 6.96. The summed E-state index contributed by atoms with van der Waals surface area (Å²) in [7, 11) is 1.58. The monoisotopic (exact) mass is 233 g/mol. The van der Waals surface area contributed by atoms with Gasteiger partial charge in [-0.2, -0.15) is 5.10 Å². The third-order valence-corrected chi connectivity index (χ3v) is 2.61. The average Bonchev–Trinajstić information content (AvgIpc) is 2.65. The van der Waals surface area contributed by atoms with Crippen molar-refractivity contribution in [3.8, 4) is 17.3 Å². The van der Waals surface area contributed by atoms with Crippen molar-refractivity contribution < 1.29 is 9.84 Å². The molecule has 0 amide bonds. The smallest absolute Gasteiger partial charge is 0.221 e. The Morgan fingerprint density at radius 1 is 1.47 bits per heavy atom. The summed E-state index contributed by atoms with van der Waals surface area (Å²) >= 11 is 0. The zero-order valence-electron chi connectivity index (χ0n) is 9.84. The van der Waals surface area contributed by atoms with E-state index in [1.165, 1.54) is 0 Å². The number of hydrogen-bond donors (Lipinski definition) is 2. The van der Waals surface area contributed by atoms with Gasteiger partial charge in [-0.3, -0.25) is 0 Å². The first kappa shape index (κ1) is 11.5. The van der Waals surface area contributed by atoms with Crippen LogP contribution in [-0.2, 0) is 6.54 Å². The van der Waals surface area contributed by atoms with E-state index in [-0.39, 0.29) is 5.75 Å². The second kappa shape index (κ2) is 4.47. The molecule has 0 bridgehead atoms. The van der Waals surface area contributed by atoms with E-state index in [0.29, 0.717) is 12.4 Å². The van der Waals surface area contributed by atoms with Gasteiger partial charge in [0.2, 0.25) is 5.88 Å². The molecule has 0 unspecified atom stereocenters. The quantitative estimate of drug-likeness (QED) is 0.839. The molecule has 5 nitrogen and oxygen atoms in total. The van der Waals surface area contributed by atoms with Crippen molar-refractivity contribution in [1.29, 1.82) is 0 Å². The summed E-state index contributed by atoms with van der Waals surface area (Å²) in [6, 6.07) is 6.82. The molecule has 0 saturated carbocycles. The van der Waals surface area contributed by atoms with E-state index >= 15 is 0 Å². The molecule has 0 fully saturated rings. The minimum absolute atomic E-state index is 0.187. The summed E-state index contributed by atoms with van der Waals surface area (Å²) in [5.41, 5.74) is 8.10. The normalized spacial score (nSPS) is 10.5. The number of aromatic hydroxyl groups is 1. The van der Waals surface area contributed by atoms with Crippen LogP contribution in [0.2, 0.25) is 0 Å². The van der Waals surface area contributed by atoms with Crippen LogP contribution in [0.4, 0.5) is 0 Å². The van der Waals surface area contributed by atoms with Gasteiger partial charge in [0.25, 0.3) is 0 Å². The van der Waals surface area contributed by atoms with E-state index in [4.69, 9.17) is 10.5 Å². The summed E-state index contributed by atoms with van der Waals surface area (Å²) in [5, 5.41) is 13.8. The van der Waals surface area contributed by atoms with Gasteiger partial charge in [0.15, 0.2) is 0 Å². The van der Waals surface area contributed by atoms with Crippen LogP contribution in [0, 0.1) is 6.92 Å². The summed E-state index contributed by atoms with van der Waals surface area (Å²) in [6.45, 7) is 2.25. The van der Waals surface area contributed by atoms with Crippen LogP contribution in [0.1, 0.15) is 11.3 Å². The van der Waals surface area contributed by atoms with Gasteiger partial charge in [0, 0.05) is 12.6 Å². The highest BCUT2D eigenvalue weighted by Gasteiger charge is 2.15. The molecule has 2 rings (SSSR count). The first-order valence-electron chi connectivity index (χ1n) is 5.29. The maximum atomic E-state index is 9.46. The Bertz CT molecular complexity index is 535. The van der Waals surface area contributed by atoms with Crippen molar-refractivity contribution >= 4 is 0 Å². The molecule has 0 aliphatic carbocycles. The Labute approximate surface area is 99.4 Å². The molecule has 90 valence electrons. The van der Waals surface area contributed by atoms with E-state index < -0.39 is 0 Å². The number of ether oxygens (including phenoxy) is 1. The van der Waals surface area contributed by atoms with Gasteiger partial charge in [0.1, 0.15) is 5.75 Å². The molecule has 2 aromatic rings. The number of nitrogens with two attached hydrogens (primary N) is 1. The molecule has 1 aromatic heterocycles. The molecule has 1 heterocycles. The van der Waals surface area contributed by atoms with Crippen LogP contribution in [0.3, 0.4) is 0 Å². The number of nitrogens with zero attached hydrogens (tertiary/aromatic N) is 2. The van der Waals surface area contributed by atoms with E-state index in [2.05, 4.69) is 5.10 Å². The number of aryl methyl sites for hydroxylation is 1. The molecule has 1 aromatic carbocycles. The van der Waals surface area contributed by atoms with Gasteiger partial charge in [-0.15, -0.1) is 0 Å². The van der Waals surface area contributed by atoms with E-state index in [1.54, 1.807) is 30.0 Å². The molecule has 0 spiro atoms. The van der Waals surface area contributed by atoms with Crippen LogP contribution in [0.5, 0.6) is 11.6 Å². The zero-order chi connectivity index (χ0) is 12.4. The highest BCUT2D eigenvalue weighted by Crippen LogP contribution is 2.26. The zero-order valence-corrected chi connectivity index (χ0v) is 9.84. The number of rotatable bonds is 3. The van der Waals surface area contributed by atoms with Crippen molar-refractivity contribution in [3.05, 3.63) is 35.5 Å². The molecule has 0 saturated heterocycles. The molecule has 0 radical (unpaired) electrons.